The largest absolute Gasteiger partial charge is 0.493 e. The monoisotopic (exact) mass is 632 g/mol. The maximum Gasteiger partial charge on any atom is 0.338 e. The van der Waals surface area contributed by atoms with Crippen LogP contribution < -0.4 is 24.4 Å². The summed E-state index contributed by atoms with van der Waals surface area (Å²) in [6.07, 6.45) is 7.04. The van der Waals surface area contributed by atoms with E-state index in [1.807, 2.05) is 6.07 Å². The fourth-order valence-corrected chi connectivity index (χ4v) is 5.81. The van der Waals surface area contributed by atoms with Crippen molar-refractivity contribution in [3.8, 4) is 23.8 Å². The van der Waals surface area contributed by atoms with Crippen LogP contribution in [0.3, 0.4) is 0 Å². The zero-order chi connectivity index (χ0) is 26.7. The summed E-state index contributed by atoms with van der Waals surface area (Å²) in [5.74, 6) is 2.43. The van der Waals surface area contributed by atoms with Crippen LogP contribution in [0.15, 0.2) is 57.5 Å². The van der Waals surface area contributed by atoms with Crippen molar-refractivity contribution in [1.82, 2.24) is 4.57 Å². The van der Waals surface area contributed by atoms with Crippen LogP contribution in [-0.4, -0.2) is 30.9 Å². The first kappa shape index (κ1) is 26.6. The normalized spacial score (nSPS) is 15.0. The van der Waals surface area contributed by atoms with E-state index in [9.17, 15) is 14.0 Å². The van der Waals surface area contributed by atoms with Gasteiger partial charge >= 0.3 is 5.97 Å². The first-order valence-corrected chi connectivity index (χ1v) is 13.1. The molecule has 0 fully saturated rings. The number of carbonyl (C=O) groups is 1. The summed E-state index contributed by atoms with van der Waals surface area (Å²) in [5, 5.41) is 0. The number of esters is 1. The van der Waals surface area contributed by atoms with E-state index in [0.717, 1.165) is 3.57 Å². The summed E-state index contributed by atoms with van der Waals surface area (Å²) in [7, 11) is 1.52. The van der Waals surface area contributed by atoms with Crippen LogP contribution in [0, 0.1) is 21.7 Å². The Kier molecular flexibility index (Phi) is 8.14. The lowest BCUT2D eigenvalue weighted by molar-refractivity contribution is -0.139. The summed E-state index contributed by atoms with van der Waals surface area (Å²) in [6, 6.07) is 8.47. The first-order valence-electron chi connectivity index (χ1n) is 11.2. The molecule has 0 amide bonds. The molecule has 37 heavy (non-hydrogen) atoms. The van der Waals surface area contributed by atoms with E-state index in [-0.39, 0.29) is 24.3 Å². The average molecular weight is 632 g/mol. The molecule has 1 aromatic heterocycles. The molecule has 0 saturated carbocycles. The van der Waals surface area contributed by atoms with Gasteiger partial charge in [-0.25, -0.2) is 14.2 Å². The lowest BCUT2D eigenvalue weighted by Crippen LogP contribution is -2.39. The Labute approximate surface area is 230 Å². The highest BCUT2D eigenvalue weighted by molar-refractivity contribution is 14.1. The number of hydrogen-bond donors (Lipinski definition) is 0. The van der Waals surface area contributed by atoms with Crippen molar-refractivity contribution in [2.45, 2.75) is 19.9 Å². The number of terminal acetylenes is 1. The molecular formula is C27H22FIN2O5S. The molecule has 0 unspecified atom stereocenters. The highest BCUT2D eigenvalue weighted by Gasteiger charge is 2.33. The molecular weight excluding hydrogens is 610 g/mol. The van der Waals surface area contributed by atoms with Gasteiger partial charge in [0, 0.05) is 0 Å². The number of halogens is 2. The summed E-state index contributed by atoms with van der Waals surface area (Å²) in [4.78, 5) is 31.6. The highest BCUT2D eigenvalue weighted by Crippen LogP contribution is 2.34. The second-order valence-electron chi connectivity index (χ2n) is 7.88. The van der Waals surface area contributed by atoms with Crippen LogP contribution in [0.4, 0.5) is 4.39 Å². The van der Waals surface area contributed by atoms with Gasteiger partial charge in [0.15, 0.2) is 16.3 Å². The van der Waals surface area contributed by atoms with E-state index < -0.39 is 17.8 Å². The maximum atomic E-state index is 13.7. The molecule has 0 radical (unpaired) electrons. The molecule has 4 rings (SSSR count). The molecule has 10 heteroatoms. The number of nitrogens with zero attached hydrogens (tertiary/aromatic N) is 2. The summed E-state index contributed by atoms with van der Waals surface area (Å²) in [5.41, 5.74) is 1.61. The standard InChI is InChI=1S/C27H22FIN2O5S/c1-5-11-36-24-19(29)12-16(13-20(24)34-4)14-21-25(32)31-23(17-7-9-18(28)10-8-17)22(26(33)35-6-2)15(3)30-27(31)37-21/h1,7-10,12-14,23H,6,11H2,2-4H3/b21-14-/t23-/m0/s1. The van der Waals surface area contributed by atoms with Gasteiger partial charge in [-0.3, -0.25) is 9.36 Å². The van der Waals surface area contributed by atoms with Crippen molar-refractivity contribution in [2.24, 2.45) is 4.99 Å². The number of benzene rings is 2. The van der Waals surface area contributed by atoms with Gasteiger partial charge in [-0.2, -0.15) is 0 Å². The van der Waals surface area contributed by atoms with Crippen molar-refractivity contribution < 1.29 is 23.4 Å². The summed E-state index contributed by atoms with van der Waals surface area (Å²) in [6.45, 7) is 3.66. The van der Waals surface area contributed by atoms with Crippen molar-refractivity contribution in [1.29, 1.82) is 0 Å². The number of aromatic nitrogens is 1. The third-order valence-electron chi connectivity index (χ3n) is 5.55. The summed E-state index contributed by atoms with van der Waals surface area (Å²) >= 11 is 3.31. The zero-order valence-corrected chi connectivity index (χ0v) is 23.2. The first-order chi connectivity index (χ1) is 17.8. The van der Waals surface area contributed by atoms with Gasteiger partial charge in [0.05, 0.1) is 39.1 Å². The number of fused-ring (bicyclic) bond motifs is 1. The zero-order valence-electron chi connectivity index (χ0n) is 20.2. The lowest BCUT2D eigenvalue weighted by atomic mass is 9.96. The van der Waals surface area contributed by atoms with E-state index in [1.54, 1.807) is 38.1 Å². The van der Waals surface area contributed by atoms with Gasteiger partial charge < -0.3 is 14.2 Å². The molecule has 7 nitrogen and oxygen atoms in total. The molecule has 0 N–H and O–H groups in total. The lowest BCUT2D eigenvalue weighted by Gasteiger charge is -2.24. The smallest absolute Gasteiger partial charge is 0.338 e. The van der Waals surface area contributed by atoms with Gasteiger partial charge in [0.25, 0.3) is 5.56 Å². The molecule has 0 bridgehead atoms. The fraction of sp³-hybridized carbons (Fsp3) is 0.222. The fourth-order valence-electron chi connectivity index (χ4n) is 3.98. The van der Waals surface area contributed by atoms with Gasteiger partial charge in [-0.15, -0.1) is 6.42 Å². The quantitative estimate of drug-likeness (QED) is 0.226. The minimum Gasteiger partial charge on any atom is -0.493 e. The number of carbonyl (C=O) groups excluding carboxylic acids is 1. The molecule has 0 spiro atoms. The highest BCUT2D eigenvalue weighted by atomic mass is 127. The van der Waals surface area contributed by atoms with Gasteiger partial charge in [-0.1, -0.05) is 29.4 Å². The van der Waals surface area contributed by atoms with Crippen LogP contribution >= 0.6 is 33.9 Å². The predicted molar refractivity (Wildman–Crippen MR) is 147 cm³/mol. The Bertz CT molecular complexity index is 1620. The van der Waals surface area contributed by atoms with Crippen molar-refractivity contribution >= 4 is 46.0 Å². The Morgan fingerprint density at radius 1 is 1.32 bits per heavy atom. The Balaban J connectivity index is 1.90. The molecule has 1 atom stereocenters. The molecule has 1 aliphatic heterocycles. The molecule has 0 saturated heterocycles. The Hall–Kier alpha value is -3.43. The van der Waals surface area contributed by atoms with Gasteiger partial charge in [0.2, 0.25) is 0 Å². The SMILES string of the molecule is C#CCOc1c(I)cc(/C=c2\sc3n(c2=O)[C@@H](c2ccc(F)cc2)C(C(=O)OCC)=C(C)N=3)cc1OC. The molecule has 0 aliphatic carbocycles. The van der Waals surface area contributed by atoms with Gasteiger partial charge in [0.1, 0.15) is 12.4 Å². The second-order valence-corrected chi connectivity index (χ2v) is 10.1. The van der Waals surface area contributed by atoms with Crippen LogP contribution in [0.25, 0.3) is 6.08 Å². The van der Waals surface area contributed by atoms with E-state index in [2.05, 4.69) is 33.5 Å². The number of hydrogen-bond acceptors (Lipinski definition) is 7. The number of rotatable bonds is 7. The second kappa shape index (κ2) is 11.3. The van der Waals surface area contributed by atoms with Crippen LogP contribution in [0.2, 0.25) is 0 Å². The molecule has 1 aliphatic rings. The molecule has 2 heterocycles. The number of allylic oxidation sites excluding steroid dienone is 1. The van der Waals surface area contributed by atoms with Crippen molar-refractivity contribution in [3.05, 3.63) is 87.9 Å². The third kappa shape index (κ3) is 5.33. The minimum atomic E-state index is -0.813. The van der Waals surface area contributed by atoms with Crippen LogP contribution in [0.1, 0.15) is 31.0 Å². The molecule has 190 valence electrons. The maximum absolute atomic E-state index is 13.7. The predicted octanol–water partition coefficient (Wildman–Crippen LogP) is 3.56. The number of thiazole rings is 1. The molecule has 2 aromatic carbocycles. The summed E-state index contributed by atoms with van der Waals surface area (Å²) < 4.78 is 32.7. The van der Waals surface area contributed by atoms with E-state index in [0.29, 0.717) is 37.7 Å². The minimum absolute atomic E-state index is 0.0931. The Morgan fingerprint density at radius 2 is 2.05 bits per heavy atom. The third-order valence-corrected chi connectivity index (χ3v) is 7.34. The average Bonchev–Trinajstić information content (AvgIpc) is 3.17. The Morgan fingerprint density at radius 3 is 2.70 bits per heavy atom. The van der Waals surface area contributed by atoms with E-state index in [4.69, 9.17) is 20.6 Å². The molecule has 3 aromatic rings. The van der Waals surface area contributed by atoms with Crippen molar-refractivity contribution in [3.63, 3.8) is 0 Å². The van der Waals surface area contributed by atoms with Crippen LogP contribution in [0.5, 0.6) is 11.5 Å². The topological polar surface area (TPSA) is 79.1 Å². The number of methoxy groups -OCH3 is 1. The van der Waals surface area contributed by atoms with E-state index >= 15 is 0 Å². The van der Waals surface area contributed by atoms with Crippen molar-refractivity contribution in [2.75, 3.05) is 20.3 Å². The van der Waals surface area contributed by atoms with E-state index in [1.165, 1.54) is 35.1 Å². The van der Waals surface area contributed by atoms with Crippen LogP contribution in [-0.2, 0) is 9.53 Å². The number of ether oxygens (including phenoxy) is 3. The van der Waals surface area contributed by atoms with Gasteiger partial charge in [-0.05, 0) is 77.9 Å².